The second-order valence-electron chi connectivity index (χ2n) is 11.0. The van der Waals surface area contributed by atoms with Crippen molar-refractivity contribution in [2.75, 3.05) is 19.6 Å². The van der Waals surface area contributed by atoms with Crippen LogP contribution in [0.5, 0.6) is 5.75 Å². The summed E-state index contributed by atoms with van der Waals surface area (Å²) in [5.41, 5.74) is 4.28. The van der Waals surface area contributed by atoms with Crippen molar-refractivity contribution in [2.24, 2.45) is 5.92 Å². The lowest BCUT2D eigenvalue weighted by atomic mass is 9.95. The first kappa shape index (κ1) is 25.0. The van der Waals surface area contributed by atoms with Crippen molar-refractivity contribution in [1.82, 2.24) is 30.0 Å². The molecular formula is C29H34F2N6O. The van der Waals surface area contributed by atoms with Crippen LogP contribution in [-0.2, 0) is 13.1 Å². The number of nitrogens with zero attached hydrogens (tertiary/aromatic N) is 4. The number of halogens is 2. The molecule has 1 saturated heterocycles. The van der Waals surface area contributed by atoms with E-state index in [1.807, 2.05) is 18.2 Å². The van der Waals surface area contributed by atoms with Gasteiger partial charge in [-0.25, -0.2) is 13.8 Å². The topological polar surface area (TPSA) is 73.1 Å². The van der Waals surface area contributed by atoms with Gasteiger partial charge in [0.1, 0.15) is 29.2 Å². The Bertz CT molecular complexity index is 1390. The molecule has 2 aromatic heterocycles. The van der Waals surface area contributed by atoms with Crippen LogP contribution >= 0.6 is 0 Å². The zero-order valence-corrected chi connectivity index (χ0v) is 22.1. The maximum absolute atomic E-state index is 13.7. The van der Waals surface area contributed by atoms with Gasteiger partial charge in [0.05, 0.1) is 16.9 Å². The van der Waals surface area contributed by atoms with E-state index in [1.165, 1.54) is 38.1 Å². The zero-order valence-electron chi connectivity index (χ0n) is 22.1. The Morgan fingerprint density at radius 3 is 2.50 bits per heavy atom. The number of nitrogens with one attached hydrogen (secondary N) is 2. The molecule has 2 aliphatic heterocycles. The fourth-order valence-corrected chi connectivity index (χ4v) is 5.79. The predicted octanol–water partition coefficient (Wildman–Crippen LogP) is 5.81. The number of fused-ring (bicyclic) bond motifs is 2. The molecule has 1 unspecified atom stereocenters. The van der Waals surface area contributed by atoms with Gasteiger partial charge in [0.25, 0.3) is 0 Å². The maximum Gasteiger partial charge on any atom is 0.159 e. The summed E-state index contributed by atoms with van der Waals surface area (Å²) in [6.07, 6.45) is 2.00. The van der Waals surface area contributed by atoms with Gasteiger partial charge in [-0.05, 0) is 88.5 Å². The van der Waals surface area contributed by atoms with Gasteiger partial charge < -0.3 is 14.6 Å². The minimum absolute atomic E-state index is 0.438. The molecule has 1 atom stereocenters. The normalized spacial score (nSPS) is 17.9. The van der Waals surface area contributed by atoms with Gasteiger partial charge in [0.2, 0.25) is 0 Å². The summed E-state index contributed by atoms with van der Waals surface area (Å²) in [5.74, 6) is 0.830. The Hall–Kier alpha value is -3.30. The van der Waals surface area contributed by atoms with E-state index < -0.39 is 17.7 Å². The summed E-state index contributed by atoms with van der Waals surface area (Å²) < 4.78 is 33.4. The Morgan fingerprint density at radius 1 is 1.03 bits per heavy atom. The van der Waals surface area contributed by atoms with Crippen LogP contribution in [0.4, 0.5) is 8.78 Å². The molecule has 2 N–H and O–H groups in total. The number of rotatable bonds is 7. The molecule has 4 heterocycles. The van der Waals surface area contributed by atoms with Crippen LogP contribution in [0.3, 0.4) is 0 Å². The van der Waals surface area contributed by atoms with Crippen LogP contribution in [0.1, 0.15) is 56.7 Å². The molecule has 4 aromatic rings. The molecule has 6 rings (SSSR count). The number of aromatic amines is 2. The fourth-order valence-electron chi connectivity index (χ4n) is 5.79. The van der Waals surface area contributed by atoms with E-state index in [-0.39, 0.29) is 0 Å². The van der Waals surface area contributed by atoms with Crippen LogP contribution in [0, 0.1) is 17.6 Å². The molecule has 0 bridgehead atoms. The molecule has 0 radical (unpaired) electrons. The predicted molar refractivity (Wildman–Crippen MR) is 143 cm³/mol. The molecule has 2 aromatic carbocycles. The van der Waals surface area contributed by atoms with Crippen LogP contribution in [0.2, 0.25) is 0 Å². The molecule has 0 spiro atoms. The smallest absolute Gasteiger partial charge is 0.159 e. The molecule has 1 fully saturated rings. The SMILES string of the molecule is CC(Oc1ccc2[nH]nc(-c3nc4c([nH]3)CN(CC3CCN(C(C)C)CC3)C4)c2c1)c1cc(F)cc(F)c1. The van der Waals surface area contributed by atoms with Gasteiger partial charge in [0, 0.05) is 37.1 Å². The van der Waals surface area contributed by atoms with Crippen LogP contribution < -0.4 is 4.74 Å². The number of hydrogen-bond acceptors (Lipinski definition) is 5. The number of hydrogen-bond donors (Lipinski definition) is 2. The second-order valence-corrected chi connectivity index (χ2v) is 11.0. The number of aromatic nitrogens is 4. The number of H-pyrrole nitrogens is 2. The minimum Gasteiger partial charge on any atom is -0.486 e. The number of benzene rings is 2. The third kappa shape index (κ3) is 5.05. The number of imidazole rings is 1. The first-order valence-electron chi connectivity index (χ1n) is 13.5. The van der Waals surface area contributed by atoms with Gasteiger partial charge >= 0.3 is 0 Å². The number of likely N-dealkylation sites (tertiary alicyclic amines) is 1. The van der Waals surface area contributed by atoms with E-state index in [0.717, 1.165) is 65.4 Å². The van der Waals surface area contributed by atoms with Gasteiger partial charge in [0.15, 0.2) is 5.82 Å². The van der Waals surface area contributed by atoms with Crippen LogP contribution in [0.15, 0.2) is 36.4 Å². The lowest BCUT2D eigenvalue weighted by molar-refractivity contribution is 0.120. The molecule has 38 heavy (non-hydrogen) atoms. The third-order valence-electron chi connectivity index (χ3n) is 7.94. The lowest BCUT2D eigenvalue weighted by Crippen LogP contribution is -2.41. The Morgan fingerprint density at radius 2 is 1.79 bits per heavy atom. The average Bonchev–Trinajstić information content (AvgIpc) is 3.56. The molecule has 0 aliphatic carbocycles. The summed E-state index contributed by atoms with van der Waals surface area (Å²) >= 11 is 0. The summed E-state index contributed by atoms with van der Waals surface area (Å²) in [6, 6.07) is 9.67. The maximum atomic E-state index is 13.7. The van der Waals surface area contributed by atoms with Crippen molar-refractivity contribution >= 4 is 10.9 Å². The van der Waals surface area contributed by atoms with Crippen molar-refractivity contribution in [3.8, 4) is 17.3 Å². The lowest BCUT2D eigenvalue weighted by Gasteiger charge is -2.36. The minimum atomic E-state index is -0.621. The van der Waals surface area contributed by atoms with Gasteiger partial charge in [-0.2, -0.15) is 5.10 Å². The highest BCUT2D eigenvalue weighted by Gasteiger charge is 2.28. The van der Waals surface area contributed by atoms with Crippen molar-refractivity contribution < 1.29 is 13.5 Å². The summed E-state index contributed by atoms with van der Waals surface area (Å²) in [7, 11) is 0. The van der Waals surface area contributed by atoms with E-state index in [2.05, 4.69) is 38.8 Å². The highest BCUT2D eigenvalue weighted by atomic mass is 19.1. The number of ether oxygens (including phenoxy) is 1. The largest absolute Gasteiger partial charge is 0.486 e. The van der Waals surface area contributed by atoms with Gasteiger partial charge in [-0.1, -0.05) is 0 Å². The fraction of sp³-hybridized carbons (Fsp3) is 0.448. The van der Waals surface area contributed by atoms with Crippen molar-refractivity contribution in [1.29, 1.82) is 0 Å². The Kier molecular flexibility index (Phi) is 6.65. The van der Waals surface area contributed by atoms with E-state index in [1.54, 1.807) is 6.92 Å². The van der Waals surface area contributed by atoms with E-state index in [4.69, 9.17) is 9.72 Å². The average molecular weight is 521 g/mol. The monoisotopic (exact) mass is 520 g/mol. The van der Waals surface area contributed by atoms with Gasteiger partial charge in [-0.15, -0.1) is 0 Å². The highest BCUT2D eigenvalue weighted by molar-refractivity contribution is 5.92. The Labute approximate surface area is 221 Å². The molecular weight excluding hydrogens is 486 g/mol. The van der Waals surface area contributed by atoms with Crippen molar-refractivity contribution in [3.05, 3.63) is 65.0 Å². The molecule has 7 nitrogen and oxygen atoms in total. The second kappa shape index (κ2) is 10.1. The standard InChI is InChI=1S/C29H34F2N6O/c1-17(2)37-8-6-19(7-9-37)14-36-15-26-27(16-36)33-29(32-26)28-24-13-23(4-5-25(24)34-35-28)38-18(3)20-10-21(30)12-22(31)11-20/h4-5,10-13,17-19H,6-9,14-16H2,1-3H3,(H,32,33)(H,34,35). The molecule has 2 aliphatic rings. The molecule has 9 heteroatoms. The summed E-state index contributed by atoms with van der Waals surface area (Å²) in [6.45, 7) is 11.6. The third-order valence-corrected chi connectivity index (χ3v) is 7.94. The van der Waals surface area contributed by atoms with Crippen molar-refractivity contribution in [3.63, 3.8) is 0 Å². The molecule has 0 amide bonds. The quantitative estimate of drug-likeness (QED) is 0.322. The van der Waals surface area contributed by atoms with E-state index in [0.29, 0.717) is 17.4 Å². The van der Waals surface area contributed by atoms with E-state index in [9.17, 15) is 8.78 Å². The Balaban J connectivity index is 1.14. The van der Waals surface area contributed by atoms with Crippen LogP contribution in [0.25, 0.3) is 22.4 Å². The molecule has 200 valence electrons. The first-order valence-corrected chi connectivity index (χ1v) is 13.5. The van der Waals surface area contributed by atoms with Gasteiger partial charge in [-0.3, -0.25) is 10.00 Å². The van der Waals surface area contributed by atoms with Crippen molar-refractivity contribution in [2.45, 2.75) is 58.8 Å². The summed E-state index contributed by atoms with van der Waals surface area (Å²) in [5, 5.41) is 8.47. The van der Waals surface area contributed by atoms with E-state index >= 15 is 0 Å². The molecule has 0 saturated carbocycles. The summed E-state index contributed by atoms with van der Waals surface area (Å²) in [4.78, 5) is 13.5. The highest BCUT2D eigenvalue weighted by Crippen LogP contribution is 2.33. The number of piperidine rings is 1. The first-order chi connectivity index (χ1) is 18.3. The van der Waals surface area contributed by atoms with Crippen LogP contribution in [-0.4, -0.2) is 55.6 Å². The zero-order chi connectivity index (χ0) is 26.4.